The first-order valence-electron chi connectivity index (χ1n) is 6.98. The van der Waals surface area contributed by atoms with Crippen LogP contribution in [0.3, 0.4) is 0 Å². The Balaban J connectivity index is 2.46. The van der Waals surface area contributed by atoms with E-state index in [9.17, 15) is 9.18 Å². The number of rotatable bonds is 4. The monoisotopic (exact) mass is 286 g/mol. The lowest BCUT2D eigenvalue weighted by atomic mass is 10.0. The SMILES string of the molecule is CC(=O)c1c(F)cccc1Oc1cc(C(C)C)ccc1C. The highest BCUT2D eigenvalue weighted by molar-refractivity contribution is 5.97. The summed E-state index contributed by atoms with van der Waals surface area (Å²) >= 11 is 0. The van der Waals surface area contributed by atoms with Gasteiger partial charge in [0.25, 0.3) is 0 Å². The van der Waals surface area contributed by atoms with Crippen LogP contribution < -0.4 is 4.74 Å². The second-order valence-electron chi connectivity index (χ2n) is 5.45. The molecule has 0 aliphatic carbocycles. The van der Waals surface area contributed by atoms with Crippen LogP contribution in [-0.4, -0.2) is 5.78 Å². The van der Waals surface area contributed by atoms with Gasteiger partial charge < -0.3 is 4.74 Å². The van der Waals surface area contributed by atoms with Crippen molar-refractivity contribution in [3.8, 4) is 11.5 Å². The van der Waals surface area contributed by atoms with Gasteiger partial charge in [-0.15, -0.1) is 0 Å². The number of ether oxygens (including phenoxy) is 1. The minimum absolute atomic E-state index is 0.00755. The third-order valence-electron chi connectivity index (χ3n) is 3.43. The molecule has 110 valence electrons. The van der Waals surface area contributed by atoms with E-state index in [-0.39, 0.29) is 17.1 Å². The van der Waals surface area contributed by atoms with E-state index in [0.29, 0.717) is 11.7 Å². The molecule has 0 fully saturated rings. The molecule has 0 aliphatic rings. The van der Waals surface area contributed by atoms with Gasteiger partial charge in [-0.1, -0.05) is 32.0 Å². The van der Waals surface area contributed by atoms with E-state index in [1.165, 1.54) is 13.0 Å². The fourth-order valence-corrected chi connectivity index (χ4v) is 2.14. The molecule has 0 radical (unpaired) electrons. The minimum Gasteiger partial charge on any atom is -0.456 e. The van der Waals surface area contributed by atoms with Gasteiger partial charge in [-0.2, -0.15) is 0 Å². The maximum atomic E-state index is 13.8. The maximum Gasteiger partial charge on any atom is 0.166 e. The van der Waals surface area contributed by atoms with E-state index >= 15 is 0 Å². The van der Waals surface area contributed by atoms with Crippen molar-refractivity contribution in [1.82, 2.24) is 0 Å². The molecule has 2 aromatic rings. The number of aryl methyl sites for hydroxylation is 1. The van der Waals surface area contributed by atoms with Gasteiger partial charge in [-0.05, 0) is 49.1 Å². The van der Waals surface area contributed by atoms with Gasteiger partial charge in [-0.3, -0.25) is 4.79 Å². The Morgan fingerprint density at radius 3 is 2.48 bits per heavy atom. The summed E-state index contributed by atoms with van der Waals surface area (Å²) in [6, 6.07) is 10.4. The number of benzene rings is 2. The van der Waals surface area contributed by atoms with Crippen LogP contribution in [0.2, 0.25) is 0 Å². The minimum atomic E-state index is -0.558. The van der Waals surface area contributed by atoms with Crippen molar-refractivity contribution in [2.24, 2.45) is 0 Å². The lowest BCUT2D eigenvalue weighted by Crippen LogP contribution is -2.01. The summed E-state index contributed by atoms with van der Waals surface area (Å²) in [7, 11) is 0. The molecule has 0 N–H and O–H groups in total. The zero-order valence-corrected chi connectivity index (χ0v) is 12.7. The van der Waals surface area contributed by atoms with Crippen molar-refractivity contribution in [1.29, 1.82) is 0 Å². The molecule has 0 saturated heterocycles. The molecule has 0 aliphatic heterocycles. The average Bonchev–Trinajstić information content (AvgIpc) is 2.40. The summed E-state index contributed by atoms with van der Waals surface area (Å²) in [5.74, 6) is 0.368. The fraction of sp³-hybridized carbons (Fsp3) is 0.278. The van der Waals surface area contributed by atoms with Crippen LogP contribution in [0.15, 0.2) is 36.4 Å². The molecule has 2 nitrogen and oxygen atoms in total. The Morgan fingerprint density at radius 2 is 1.86 bits per heavy atom. The quantitative estimate of drug-likeness (QED) is 0.717. The van der Waals surface area contributed by atoms with E-state index in [4.69, 9.17) is 4.74 Å². The van der Waals surface area contributed by atoms with Crippen LogP contribution in [-0.2, 0) is 0 Å². The first-order valence-corrected chi connectivity index (χ1v) is 6.98. The molecule has 3 heteroatoms. The van der Waals surface area contributed by atoms with Crippen LogP contribution in [0.4, 0.5) is 4.39 Å². The largest absolute Gasteiger partial charge is 0.456 e. The number of hydrogen-bond acceptors (Lipinski definition) is 2. The van der Waals surface area contributed by atoms with E-state index < -0.39 is 5.82 Å². The summed E-state index contributed by atoms with van der Waals surface area (Å²) in [6.07, 6.45) is 0. The van der Waals surface area contributed by atoms with Crippen LogP contribution in [0.1, 0.15) is 48.2 Å². The molecule has 0 heterocycles. The summed E-state index contributed by atoms with van der Waals surface area (Å²) in [5.41, 5.74) is 2.07. The lowest BCUT2D eigenvalue weighted by molar-refractivity contribution is 0.101. The van der Waals surface area contributed by atoms with Crippen molar-refractivity contribution < 1.29 is 13.9 Å². The van der Waals surface area contributed by atoms with E-state index in [1.807, 2.05) is 25.1 Å². The van der Waals surface area contributed by atoms with E-state index in [0.717, 1.165) is 11.1 Å². The highest BCUT2D eigenvalue weighted by atomic mass is 19.1. The zero-order chi connectivity index (χ0) is 15.6. The van der Waals surface area contributed by atoms with Gasteiger partial charge in [0.05, 0.1) is 5.56 Å². The van der Waals surface area contributed by atoms with Crippen molar-refractivity contribution in [2.75, 3.05) is 0 Å². The predicted molar refractivity (Wildman–Crippen MR) is 81.7 cm³/mol. The molecule has 0 saturated carbocycles. The van der Waals surface area contributed by atoms with Gasteiger partial charge in [0.15, 0.2) is 5.78 Å². The summed E-state index contributed by atoms with van der Waals surface area (Å²) in [5, 5.41) is 0. The van der Waals surface area contributed by atoms with Gasteiger partial charge in [0, 0.05) is 0 Å². The van der Waals surface area contributed by atoms with Crippen LogP contribution in [0.25, 0.3) is 0 Å². The normalized spacial score (nSPS) is 10.8. The molecule has 2 rings (SSSR count). The first kappa shape index (κ1) is 15.2. The summed E-state index contributed by atoms with van der Waals surface area (Å²) in [4.78, 5) is 11.6. The molecule has 0 spiro atoms. The van der Waals surface area contributed by atoms with Gasteiger partial charge in [0.1, 0.15) is 17.3 Å². The summed E-state index contributed by atoms with van der Waals surface area (Å²) < 4.78 is 19.6. The van der Waals surface area contributed by atoms with Crippen molar-refractivity contribution in [3.63, 3.8) is 0 Å². The van der Waals surface area contributed by atoms with Gasteiger partial charge in [0.2, 0.25) is 0 Å². The number of ketones is 1. The number of carbonyl (C=O) groups excluding carboxylic acids is 1. The molecule has 0 aromatic heterocycles. The number of hydrogen-bond donors (Lipinski definition) is 0. The highest BCUT2D eigenvalue weighted by Gasteiger charge is 2.16. The maximum absolute atomic E-state index is 13.8. The standard InChI is InChI=1S/C18H19FO2/c1-11(2)14-9-8-12(3)17(10-14)21-16-7-5-6-15(19)18(16)13(4)20/h5-11H,1-4H3. The Hall–Kier alpha value is -2.16. The molecule has 2 aromatic carbocycles. The molecular formula is C18H19FO2. The molecule has 0 amide bonds. The van der Waals surface area contributed by atoms with Crippen LogP contribution in [0.5, 0.6) is 11.5 Å². The fourth-order valence-electron chi connectivity index (χ4n) is 2.14. The Labute approximate surface area is 124 Å². The number of carbonyl (C=O) groups is 1. The van der Waals surface area contributed by atoms with Gasteiger partial charge in [-0.25, -0.2) is 4.39 Å². The first-order chi connectivity index (χ1) is 9.90. The number of Topliss-reactive ketones (excluding diaryl/α,β-unsaturated/α-hetero) is 1. The second kappa shape index (κ2) is 6.08. The predicted octanol–water partition coefficient (Wildman–Crippen LogP) is 5.25. The smallest absolute Gasteiger partial charge is 0.166 e. The van der Waals surface area contributed by atoms with Crippen LogP contribution in [0, 0.1) is 12.7 Å². The van der Waals surface area contributed by atoms with Gasteiger partial charge >= 0.3 is 0 Å². The molecule has 0 atom stereocenters. The average molecular weight is 286 g/mol. The molecule has 21 heavy (non-hydrogen) atoms. The van der Waals surface area contributed by atoms with Crippen LogP contribution >= 0.6 is 0 Å². The number of halogens is 1. The van der Waals surface area contributed by atoms with Crippen molar-refractivity contribution >= 4 is 5.78 Å². The Bertz CT molecular complexity index is 675. The third kappa shape index (κ3) is 3.30. The second-order valence-corrected chi connectivity index (χ2v) is 5.45. The molecule has 0 bridgehead atoms. The van der Waals surface area contributed by atoms with Crippen molar-refractivity contribution in [2.45, 2.75) is 33.6 Å². The Morgan fingerprint density at radius 1 is 1.14 bits per heavy atom. The van der Waals surface area contributed by atoms with E-state index in [1.54, 1.807) is 12.1 Å². The third-order valence-corrected chi connectivity index (χ3v) is 3.43. The Kier molecular flexibility index (Phi) is 4.41. The molecule has 0 unspecified atom stereocenters. The highest BCUT2D eigenvalue weighted by Crippen LogP contribution is 2.31. The summed E-state index contributed by atoms with van der Waals surface area (Å²) in [6.45, 7) is 7.45. The lowest BCUT2D eigenvalue weighted by Gasteiger charge is -2.14. The zero-order valence-electron chi connectivity index (χ0n) is 12.7. The van der Waals surface area contributed by atoms with E-state index in [2.05, 4.69) is 13.8 Å². The molecular weight excluding hydrogens is 267 g/mol. The topological polar surface area (TPSA) is 26.3 Å². The van der Waals surface area contributed by atoms with Crippen molar-refractivity contribution in [3.05, 3.63) is 58.9 Å².